The standard InChI is InChI=1S/C19H17F3N2O3/c20-15-5-1-3-13(11-15)17(25)23-7-9-24(10-8-23)18(26)14-4-2-6-16(12-14)27-19(21)22/h1-6,11-12,19H,7-10H2. The number of carbonyl (C=O) groups excluding carboxylic acids is 2. The summed E-state index contributed by atoms with van der Waals surface area (Å²) < 4.78 is 42.2. The summed E-state index contributed by atoms with van der Waals surface area (Å²) in [5.74, 6) is -1.20. The topological polar surface area (TPSA) is 49.9 Å². The third kappa shape index (κ3) is 4.58. The highest BCUT2D eigenvalue weighted by Crippen LogP contribution is 2.18. The molecule has 0 spiro atoms. The molecular weight excluding hydrogens is 361 g/mol. The van der Waals surface area contributed by atoms with Crippen molar-refractivity contribution in [3.63, 3.8) is 0 Å². The Balaban J connectivity index is 1.62. The molecule has 8 heteroatoms. The zero-order chi connectivity index (χ0) is 19.4. The molecule has 1 aliphatic heterocycles. The predicted molar refractivity (Wildman–Crippen MR) is 91.3 cm³/mol. The maximum atomic E-state index is 13.3. The molecule has 27 heavy (non-hydrogen) atoms. The smallest absolute Gasteiger partial charge is 0.387 e. The van der Waals surface area contributed by atoms with Crippen molar-refractivity contribution in [2.45, 2.75) is 6.61 Å². The predicted octanol–water partition coefficient (Wildman–Crippen LogP) is 3.03. The average Bonchev–Trinajstić information content (AvgIpc) is 2.66. The van der Waals surface area contributed by atoms with E-state index in [-0.39, 0.29) is 28.7 Å². The fourth-order valence-corrected chi connectivity index (χ4v) is 2.90. The Labute approximate surface area is 153 Å². The van der Waals surface area contributed by atoms with Gasteiger partial charge in [-0.1, -0.05) is 12.1 Å². The molecule has 0 N–H and O–H groups in total. The number of rotatable bonds is 4. The van der Waals surface area contributed by atoms with Crippen molar-refractivity contribution < 1.29 is 27.5 Å². The van der Waals surface area contributed by atoms with Crippen LogP contribution in [0.25, 0.3) is 0 Å². The van der Waals surface area contributed by atoms with E-state index in [4.69, 9.17) is 0 Å². The minimum absolute atomic E-state index is 0.0873. The Morgan fingerprint density at radius 3 is 1.89 bits per heavy atom. The first kappa shape index (κ1) is 18.8. The van der Waals surface area contributed by atoms with Crippen LogP contribution in [0.5, 0.6) is 5.75 Å². The maximum Gasteiger partial charge on any atom is 0.387 e. The van der Waals surface area contributed by atoms with Gasteiger partial charge < -0.3 is 14.5 Å². The molecule has 2 aromatic carbocycles. The van der Waals surface area contributed by atoms with Crippen LogP contribution in [0.1, 0.15) is 20.7 Å². The summed E-state index contributed by atoms with van der Waals surface area (Å²) in [7, 11) is 0. The SMILES string of the molecule is O=C(c1cccc(F)c1)N1CCN(C(=O)c2cccc(OC(F)F)c2)CC1. The number of ether oxygens (including phenoxy) is 1. The number of halogens is 3. The van der Waals surface area contributed by atoms with Crippen molar-refractivity contribution in [1.82, 2.24) is 9.80 Å². The second kappa shape index (κ2) is 8.11. The molecule has 1 fully saturated rings. The molecule has 0 aromatic heterocycles. The summed E-state index contributed by atoms with van der Waals surface area (Å²) in [6, 6.07) is 11.0. The molecule has 1 aliphatic rings. The Bertz CT molecular complexity index is 836. The zero-order valence-corrected chi connectivity index (χ0v) is 14.3. The van der Waals surface area contributed by atoms with E-state index in [2.05, 4.69) is 4.74 Å². The van der Waals surface area contributed by atoms with E-state index in [1.807, 2.05) is 0 Å². The van der Waals surface area contributed by atoms with Gasteiger partial charge in [-0.2, -0.15) is 8.78 Å². The van der Waals surface area contributed by atoms with E-state index < -0.39 is 12.4 Å². The number of amides is 2. The van der Waals surface area contributed by atoms with Crippen LogP contribution in [0.2, 0.25) is 0 Å². The van der Waals surface area contributed by atoms with Crippen LogP contribution in [-0.4, -0.2) is 54.4 Å². The quantitative estimate of drug-likeness (QED) is 0.822. The van der Waals surface area contributed by atoms with Gasteiger partial charge in [-0.3, -0.25) is 9.59 Å². The molecule has 0 atom stereocenters. The largest absolute Gasteiger partial charge is 0.435 e. The number of carbonyl (C=O) groups is 2. The first-order chi connectivity index (χ1) is 12.9. The molecule has 0 bridgehead atoms. The molecule has 0 radical (unpaired) electrons. The molecule has 2 amide bonds. The second-order valence-electron chi connectivity index (χ2n) is 6.00. The second-order valence-corrected chi connectivity index (χ2v) is 6.00. The van der Waals surface area contributed by atoms with Crippen LogP contribution >= 0.6 is 0 Å². The summed E-state index contributed by atoms with van der Waals surface area (Å²) in [6.45, 7) is -1.78. The number of alkyl halides is 2. The highest BCUT2D eigenvalue weighted by atomic mass is 19.3. The summed E-state index contributed by atoms with van der Waals surface area (Å²) in [5, 5.41) is 0. The number of piperazine rings is 1. The molecule has 5 nitrogen and oxygen atoms in total. The van der Waals surface area contributed by atoms with Crippen molar-refractivity contribution in [3.8, 4) is 5.75 Å². The van der Waals surface area contributed by atoms with Crippen LogP contribution < -0.4 is 4.74 Å². The van der Waals surface area contributed by atoms with Crippen LogP contribution in [0.3, 0.4) is 0 Å². The van der Waals surface area contributed by atoms with Crippen molar-refractivity contribution in [1.29, 1.82) is 0 Å². The maximum absolute atomic E-state index is 13.3. The number of hydrogen-bond donors (Lipinski definition) is 0. The van der Waals surface area contributed by atoms with Crippen LogP contribution in [0, 0.1) is 5.82 Å². The molecule has 1 saturated heterocycles. The molecule has 3 rings (SSSR count). The van der Waals surface area contributed by atoms with Gasteiger partial charge in [-0.25, -0.2) is 4.39 Å². The Morgan fingerprint density at radius 1 is 0.852 bits per heavy atom. The van der Waals surface area contributed by atoms with Gasteiger partial charge in [-0.15, -0.1) is 0 Å². The summed E-state index contributed by atoms with van der Waals surface area (Å²) in [5.41, 5.74) is 0.490. The van der Waals surface area contributed by atoms with Gasteiger partial charge in [0.15, 0.2) is 0 Å². The Morgan fingerprint density at radius 2 is 1.37 bits per heavy atom. The lowest BCUT2D eigenvalue weighted by molar-refractivity contribution is -0.0499. The van der Waals surface area contributed by atoms with Gasteiger partial charge in [-0.05, 0) is 36.4 Å². The van der Waals surface area contributed by atoms with E-state index >= 15 is 0 Å². The minimum atomic E-state index is -2.97. The van der Waals surface area contributed by atoms with E-state index in [9.17, 15) is 22.8 Å². The van der Waals surface area contributed by atoms with Crippen LogP contribution in [-0.2, 0) is 0 Å². The van der Waals surface area contributed by atoms with Crippen molar-refractivity contribution in [3.05, 3.63) is 65.5 Å². The van der Waals surface area contributed by atoms with Crippen LogP contribution in [0.15, 0.2) is 48.5 Å². The van der Waals surface area contributed by atoms with E-state index in [1.165, 1.54) is 53.4 Å². The number of hydrogen-bond acceptors (Lipinski definition) is 3. The first-order valence-electron chi connectivity index (χ1n) is 8.33. The lowest BCUT2D eigenvalue weighted by Gasteiger charge is -2.35. The first-order valence-corrected chi connectivity index (χ1v) is 8.33. The van der Waals surface area contributed by atoms with E-state index in [0.717, 1.165) is 0 Å². The lowest BCUT2D eigenvalue weighted by Crippen LogP contribution is -2.50. The van der Waals surface area contributed by atoms with Crippen molar-refractivity contribution in [2.75, 3.05) is 26.2 Å². The van der Waals surface area contributed by atoms with E-state index in [1.54, 1.807) is 4.90 Å². The highest BCUT2D eigenvalue weighted by Gasteiger charge is 2.26. The van der Waals surface area contributed by atoms with Crippen LogP contribution in [0.4, 0.5) is 13.2 Å². The molecule has 1 heterocycles. The summed E-state index contributed by atoms with van der Waals surface area (Å²) in [4.78, 5) is 28.1. The molecule has 0 unspecified atom stereocenters. The lowest BCUT2D eigenvalue weighted by atomic mass is 10.1. The monoisotopic (exact) mass is 378 g/mol. The van der Waals surface area contributed by atoms with Gasteiger partial charge in [0.05, 0.1) is 0 Å². The van der Waals surface area contributed by atoms with Gasteiger partial charge in [0.1, 0.15) is 11.6 Å². The Hall–Kier alpha value is -3.03. The average molecular weight is 378 g/mol. The molecule has 2 aromatic rings. The van der Waals surface area contributed by atoms with Crippen molar-refractivity contribution >= 4 is 11.8 Å². The minimum Gasteiger partial charge on any atom is -0.435 e. The van der Waals surface area contributed by atoms with E-state index in [0.29, 0.717) is 26.2 Å². The van der Waals surface area contributed by atoms with Gasteiger partial charge in [0.25, 0.3) is 11.8 Å². The van der Waals surface area contributed by atoms with Crippen molar-refractivity contribution in [2.24, 2.45) is 0 Å². The number of benzene rings is 2. The third-order valence-corrected chi connectivity index (χ3v) is 4.23. The molecule has 142 valence electrons. The molecule has 0 aliphatic carbocycles. The summed E-state index contributed by atoms with van der Waals surface area (Å²) in [6.07, 6.45) is 0. The fraction of sp³-hybridized carbons (Fsp3) is 0.263. The zero-order valence-electron chi connectivity index (χ0n) is 14.3. The van der Waals surface area contributed by atoms with Gasteiger partial charge in [0.2, 0.25) is 0 Å². The van der Waals surface area contributed by atoms with Gasteiger partial charge in [0, 0.05) is 37.3 Å². The number of nitrogens with zero attached hydrogens (tertiary/aromatic N) is 2. The highest BCUT2D eigenvalue weighted by molar-refractivity contribution is 5.96. The molecular formula is C19H17F3N2O3. The third-order valence-electron chi connectivity index (χ3n) is 4.23. The van der Waals surface area contributed by atoms with Gasteiger partial charge >= 0.3 is 6.61 Å². The molecule has 0 saturated carbocycles. The Kier molecular flexibility index (Phi) is 5.63. The fourth-order valence-electron chi connectivity index (χ4n) is 2.90. The normalized spacial score (nSPS) is 14.4. The summed E-state index contributed by atoms with van der Waals surface area (Å²) >= 11 is 0.